The van der Waals surface area contributed by atoms with Crippen LogP contribution in [-0.2, 0) is 9.59 Å². The normalized spacial score (nSPS) is 9.47. The van der Waals surface area contributed by atoms with Crippen LogP contribution in [0.1, 0.15) is 58.3 Å². The molecule has 5 heteroatoms. The summed E-state index contributed by atoms with van der Waals surface area (Å²) < 4.78 is 0. The molecule has 0 atom stereocenters. The van der Waals surface area contributed by atoms with Gasteiger partial charge in [0.25, 0.3) is 0 Å². The summed E-state index contributed by atoms with van der Waals surface area (Å²) in [5, 5.41) is 10.7. The molecule has 0 aromatic rings. The Kier molecular flexibility index (Phi) is 15.9. The van der Waals surface area contributed by atoms with Gasteiger partial charge >= 0.3 is 35.5 Å². The Balaban J connectivity index is 0. The SMILES string of the molecule is CCCCCCCCCC(=O)NCC(=O)O.[Na+]. The minimum atomic E-state index is -0.993. The molecule has 17 heavy (non-hydrogen) atoms. The molecule has 0 aromatic heterocycles. The largest absolute Gasteiger partial charge is 1.00 e. The molecule has 2 N–H and O–H groups in total. The van der Waals surface area contributed by atoms with E-state index >= 15 is 0 Å². The number of carboxylic acids is 1. The van der Waals surface area contributed by atoms with E-state index in [9.17, 15) is 9.59 Å². The number of hydrogen-bond acceptors (Lipinski definition) is 2. The Labute approximate surface area is 126 Å². The molecular weight excluding hydrogens is 229 g/mol. The van der Waals surface area contributed by atoms with Gasteiger partial charge in [0.1, 0.15) is 6.54 Å². The second-order valence-corrected chi connectivity index (χ2v) is 4.04. The van der Waals surface area contributed by atoms with Crippen LogP contribution in [0.2, 0.25) is 0 Å². The van der Waals surface area contributed by atoms with Gasteiger partial charge < -0.3 is 10.4 Å². The molecule has 0 bridgehead atoms. The predicted molar refractivity (Wildman–Crippen MR) is 63.3 cm³/mol. The monoisotopic (exact) mass is 252 g/mol. The fraction of sp³-hybridized carbons (Fsp3) is 0.833. The standard InChI is InChI=1S/C12H23NO3.Na/c1-2-3-4-5-6-7-8-9-11(14)13-10-12(15)16;/h2-10H2,1H3,(H,13,14)(H,15,16);/q;+1. The van der Waals surface area contributed by atoms with Crippen LogP contribution in [0.4, 0.5) is 0 Å². The van der Waals surface area contributed by atoms with Crippen LogP contribution in [0.15, 0.2) is 0 Å². The second-order valence-electron chi connectivity index (χ2n) is 4.04. The predicted octanol–water partition coefficient (Wildman–Crippen LogP) is -0.668. The van der Waals surface area contributed by atoms with Crippen LogP contribution >= 0.6 is 0 Å². The maximum atomic E-state index is 11.1. The zero-order chi connectivity index (χ0) is 12.2. The van der Waals surface area contributed by atoms with Crippen molar-refractivity contribution in [2.75, 3.05) is 6.54 Å². The van der Waals surface area contributed by atoms with Crippen molar-refractivity contribution in [3.63, 3.8) is 0 Å². The van der Waals surface area contributed by atoms with Crippen LogP contribution in [0, 0.1) is 0 Å². The van der Waals surface area contributed by atoms with E-state index in [-0.39, 0.29) is 42.0 Å². The number of rotatable bonds is 10. The molecule has 94 valence electrons. The molecule has 0 fully saturated rings. The van der Waals surface area contributed by atoms with Crippen molar-refractivity contribution in [2.24, 2.45) is 0 Å². The molecule has 0 radical (unpaired) electrons. The van der Waals surface area contributed by atoms with Crippen LogP contribution in [0.25, 0.3) is 0 Å². The quantitative estimate of drug-likeness (QED) is 0.400. The minimum absolute atomic E-state index is 0. The van der Waals surface area contributed by atoms with Gasteiger partial charge in [0.2, 0.25) is 5.91 Å². The molecule has 0 aliphatic carbocycles. The summed E-state index contributed by atoms with van der Waals surface area (Å²) >= 11 is 0. The summed E-state index contributed by atoms with van der Waals surface area (Å²) in [4.78, 5) is 21.3. The third-order valence-electron chi connectivity index (χ3n) is 2.44. The molecule has 0 heterocycles. The second kappa shape index (κ2) is 14.0. The molecule has 0 aliphatic rings. The van der Waals surface area contributed by atoms with Gasteiger partial charge in [-0.05, 0) is 6.42 Å². The van der Waals surface area contributed by atoms with E-state index in [4.69, 9.17) is 5.11 Å². The number of nitrogens with one attached hydrogen (secondary N) is 1. The zero-order valence-electron chi connectivity index (χ0n) is 11.1. The summed E-state index contributed by atoms with van der Waals surface area (Å²) in [6.07, 6.45) is 8.60. The van der Waals surface area contributed by atoms with Crippen molar-refractivity contribution < 1.29 is 44.3 Å². The average Bonchev–Trinajstić information content (AvgIpc) is 2.25. The molecule has 0 saturated carbocycles. The summed E-state index contributed by atoms with van der Waals surface area (Å²) in [5.74, 6) is -1.15. The molecule has 0 saturated heterocycles. The maximum absolute atomic E-state index is 11.1. The maximum Gasteiger partial charge on any atom is 1.00 e. The summed E-state index contributed by atoms with van der Waals surface area (Å²) in [6, 6.07) is 0. The Morgan fingerprint density at radius 2 is 1.53 bits per heavy atom. The van der Waals surface area contributed by atoms with E-state index in [0.717, 1.165) is 12.8 Å². The Morgan fingerprint density at radius 1 is 1.00 bits per heavy atom. The topological polar surface area (TPSA) is 66.4 Å². The van der Waals surface area contributed by atoms with Crippen molar-refractivity contribution in [2.45, 2.75) is 58.3 Å². The molecule has 4 nitrogen and oxygen atoms in total. The van der Waals surface area contributed by atoms with E-state index in [1.54, 1.807) is 0 Å². The third-order valence-corrected chi connectivity index (χ3v) is 2.44. The molecule has 0 aliphatic heterocycles. The van der Waals surface area contributed by atoms with Gasteiger partial charge in [-0.3, -0.25) is 9.59 Å². The Hall–Kier alpha value is -0.0600. The first kappa shape index (κ1) is 19.3. The van der Waals surface area contributed by atoms with E-state index in [0.29, 0.717) is 6.42 Å². The third kappa shape index (κ3) is 15.9. The van der Waals surface area contributed by atoms with Gasteiger partial charge in [-0.25, -0.2) is 0 Å². The van der Waals surface area contributed by atoms with Crippen LogP contribution in [-0.4, -0.2) is 23.5 Å². The van der Waals surface area contributed by atoms with Gasteiger partial charge in [-0.2, -0.15) is 0 Å². The van der Waals surface area contributed by atoms with E-state index in [1.807, 2.05) is 0 Å². The van der Waals surface area contributed by atoms with Crippen molar-refractivity contribution in [3.05, 3.63) is 0 Å². The zero-order valence-corrected chi connectivity index (χ0v) is 13.1. The molecule has 1 amide bonds. The minimum Gasteiger partial charge on any atom is -0.480 e. The van der Waals surface area contributed by atoms with Crippen molar-refractivity contribution in [3.8, 4) is 0 Å². The molecule has 0 aromatic carbocycles. The smallest absolute Gasteiger partial charge is 0.480 e. The van der Waals surface area contributed by atoms with Crippen LogP contribution < -0.4 is 34.9 Å². The molecule has 0 unspecified atom stereocenters. The number of carbonyl (C=O) groups is 2. The first-order valence-electron chi connectivity index (χ1n) is 6.15. The van der Waals surface area contributed by atoms with Gasteiger partial charge in [-0.15, -0.1) is 0 Å². The number of amides is 1. The van der Waals surface area contributed by atoms with Gasteiger partial charge in [0.15, 0.2) is 0 Å². The van der Waals surface area contributed by atoms with Gasteiger partial charge in [0.05, 0.1) is 0 Å². The van der Waals surface area contributed by atoms with Gasteiger partial charge in [0, 0.05) is 6.42 Å². The summed E-state index contributed by atoms with van der Waals surface area (Å²) in [5.41, 5.74) is 0. The van der Waals surface area contributed by atoms with Gasteiger partial charge in [-0.1, -0.05) is 45.4 Å². The Morgan fingerprint density at radius 3 is 2.06 bits per heavy atom. The molecule has 0 rings (SSSR count). The number of hydrogen-bond donors (Lipinski definition) is 2. The van der Waals surface area contributed by atoms with E-state index in [2.05, 4.69) is 12.2 Å². The summed E-state index contributed by atoms with van der Waals surface area (Å²) in [7, 11) is 0. The number of aliphatic carboxylic acids is 1. The Bertz CT molecular complexity index is 210. The first-order valence-corrected chi connectivity index (χ1v) is 6.15. The van der Waals surface area contributed by atoms with Crippen LogP contribution in [0.3, 0.4) is 0 Å². The molecular formula is C12H23NNaO3+. The summed E-state index contributed by atoms with van der Waals surface area (Å²) in [6.45, 7) is 1.92. The van der Waals surface area contributed by atoms with E-state index < -0.39 is 5.97 Å². The van der Waals surface area contributed by atoms with Crippen LogP contribution in [0.5, 0.6) is 0 Å². The van der Waals surface area contributed by atoms with Crippen molar-refractivity contribution in [1.29, 1.82) is 0 Å². The number of carboxylic acid groups (broad SMARTS) is 1. The van der Waals surface area contributed by atoms with Crippen molar-refractivity contribution in [1.82, 2.24) is 5.32 Å². The number of carbonyl (C=O) groups excluding carboxylic acids is 1. The van der Waals surface area contributed by atoms with E-state index in [1.165, 1.54) is 32.1 Å². The number of unbranched alkanes of at least 4 members (excludes halogenated alkanes) is 6. The first-order chi connectivity index (χ1) is 7.66. The fourth-order valence-electron chi connectivity index (χ4n) is 1.51. The molecule has 0 spiro atoms. The average molecular weight is 252 g/mol. The fourth-order valence-corrected chi connectivity index (χ4v) is 1.51. The van der Waals surface area contributed by atoms with Crippen molar-refractivity contribution >= 4 is 11.9 Å².